The maximum atomic E-state index is 11.9. The van der Waals surface area contributed by atoms with Crippen LogP contribution in [0.15, 0.2) is 16.7 Å². The Kier molecular flexibility index (Phi) is 3.48. The van der Waals surface area contributed by atoms with Gasteiger partial charge in [0, 0.05) is 16.4 Å². The van der Waals surface area contributed by atoms with Crippen LogP contribution < -0.4 is 5.32 Å². The highest BCUT2D eigenvalue weighted by Crippen LogP contribution is 2.28. The Labute approximate surface area is 110 Å². The third-order valence-corrected chi connectivity index (χ3v) is 4.32. The van der Waals surface area contributed by atoms with Crippen molar-refractivity contribution in [2.75, 3.05) is 11.5 Å². The second kappa shape index (κ2) is 4.73. The lowest BCUT2D eigenvalue weighted by molar-refractivity contribution is -0.143. The van der Waals surface area contributed by atoms with E-state index >= 15 is 0 Å². The lowest BCUT2D eigenvalue weighted by atomic mass is 9.99. The van der Waals surface area contributed by atoms with E-state index < -0.39 is 11.5 Å². The number of nitrogens with one attached hydrogen (secondary N) is 2. The van der Waals surface area contributed by atoms with Crippen LogP contribution in [0.2, 0.25) is 0 Å². The van der Waals surface area contributed by atoms with Crippen LogP contribution in [0.1, 0.15) is 16.9 Å². The standard InChI is InChI=1S/C10H11BrN2O3S/c11-6-3-7(12-4-6)8(14)13-10(9(15)16)1-2-17-5-10/h3-4,12H,1-2,5H2,(H,13,14)(H,15,16). The quantitative estimate of drug-likeness (QED) is 0.788. The number of H-pyrrole nitrogens is 1. The maximum absolute atomic E-state index is 11.9. The molecular formula is C10H11BrN2O3S. The number of halogens is 1. The van der Waals surface area contributed by atoms with Crippen molar-refractivity contribution in [1.29, 1.82) is 0 Å². The minimum atomic E-state index is -1.13. The van der Waals surface area contributed by atoms with Crippen LogP contribution in [0.3, 0.4) is 0 Å². The SMILES string of the molecule is O=C(NC1(C(=O)O)CCSC1)c1cc(Br)c[nH]1. The van der Waals surface area contributed by atoms with Crippen LogP contribution in [-0.4, -0.2) is 39.0 Å². The highest BCUT2D eigenvalue weighted by Gasteiger charge is 2.43. The molecule has 1 aliphatic rings. The molecule has 0 spiro atoms. The van der Waals surface area contributed by atoms with E-state index in [0.29, 0.717) is 17.9 Å². The highest BCUT2D eigenvalue weighted by molar-refractivity contribution is 9.10. The van der Waals surface area contributed by atoms with Crippen LogP contribution >= 0.6 is 27.7 Å². The third kappa shape index (κ3) is 2.50. The molecule has 7 heteroatoms. The molecule has 5 nitrogen and oxygen atoms in total. The minimum absolute atomic E-state index is 0.356. The van der Waals surface area contributed by atoms with Gasteiger partial charge in [0.25, 0.3) is 5.91 Å². The molecule has 3 N–H and O–H groups in total. The number of aliphatic carboxylic acids is 1. The number of rotatable bonds is 3. The Morgan fingerprint density at radius 3 is 2.82 bits per heavy atom. The van der Waals surface area contributed by atoms with Gasteiger partial charge >= 0.3 is 5.97 Å². The predicted octanol–water partition coefficient (Wildman–Crippen LogP) is 1.47. The zero-order valence-electron chi connectivity index (χ0n) is 8.83. The van der Waals surface area contributed by atoms with E-state index in [9.17, 15) is 14.7 Å². The molecule has 0 bridgehead atoms. The molecule has 0 aliphatic carbocycles. The van der Waals surface area contributed by atoms with E-state index in [2.05, 4.69) is 26.2 Å². The molecule has 1 aromatic rings. The van der Waals surface area contributed by atoms with Crippen molar-refractivity contribution in [3.63, 3.8) is 0 Å². The fourth-order valence-corrected chi connectivity index (χ4v) is 3.34. The average molecular weight is 319 g/mol. The van der Waals surface area contributed by atoms with Crippen molar-refractivity contribution in [1.82, 2.24) is 10.3 Å². The van der Waals surface area contributed by atoms with Crippen LogP contribution in [0.4, 0.5) is 0 Å². The lowest BCUT2D eigenvalue weighted by Gasteiger charge is -2.24. The molecule has 2 rings (SSSR count). The van der Waals surface area contributed by atoms with Gasteiger partial charge in [-0.05, 0) is 34.2 Å². The molecule has 0 aromatic carbocycles. The second-order valence-electron chi connectivity index (χ2n) is 3.88. The van der Waals surface area contributed by atoms with Crippen molar-refractivity contribution < 1.29 is 14.7 Å². The summed E-state index contributed by atoms with van der Waals surface area (Å²) in [4.78, 5) is 25.9. The van der Waals surface area contributed by atoms with Gasteiger partial charge < -0.3 is 15.4 Å². The maximum Gasteiger partial charge on any atom is 0.330 e. The number of carbonyl (C=O) groups excluding carboxylic acids is 1. The number of hydrogen-bond donors (Lipinski definition) is 3. The van der Waals surface area contributed by atoms with Crippen molar-refractivity contribution in [3.8, 4) is 0 Å². The number of aromatic amines is 1. The fourth-order valence-electron chi connectivity index (χ4n) is 1.67. The molecule has 1 fully saturated rings. The van der Waals surface area contributed by atoms with E-state index in [-0.39, 0.29) is 5.91 Å². The highest BCUT2D eigenvalue weighted by atomic mass is 79.9. The molecule has 1 unspecified atom stereocenters. The van der Waals surface area contributed by atoms with Gasteiger partial charge in [-0.15, -0.1) is 0 Å². The van der Waals surface area contributed by atoms with Crippen LogP contribution in [0, 0.1) is 0 Å². The van der Waals surface area contributed by atoms with Crippen LogP contribution in [0.5, 0.6) is 0 Å². The summed E-state index contributed by atoms with van der Waals surface area (Å²) in [6.07, 6.45) is 2.09. The molecule has 1 aliphatic heterocycles. The normalized spacial score (nSPS) is 23.6. The first kappa shape index (κ1) is 12.5. The zero-order chi connectivity index (χ0) is 12.5. The monoisotopic (exact) mass is 318 g/mol. The first-order valence-corrected chi connectivity index (χ1v) is 6.96. The molecular weight excluding hydrogens is 308 g/mol. The lowest BCUT2D eigenvalue weighted by Crippen LogP contribution is -2.54. The van der Waals surface area contributed by atoms with E-state index in [1.807, 2.05) is 0 Å². The number of carboxylic acids is 1. The number of aromatic nitrogens is 1. The molecule has 0 radical (unpaired) electrons. The summed E-state index contributed by atoms with van der Waals surface area (Å²) >= 11 is 4.76. The molecule has 1 amide bonds. The van der Waals surface area contributed by atoms with Gasteiger partial charge in [0.2, 0.25) is 0 Å². The molecule has 2 heterocycles. The van der Waals surface area contributed by atoms with Crippen molar-refractivity contribution in [2.24, 2.45) is 0 Å². The van der Waals surface area contributed by atoms with Gasteiger partial charge in [-0.3, -0.25) is 4.79 Å². The van der Waals surface area contributed by atoms with Crippen molar-refractivity contribution >= 4 is 39.6 Å². The predicted molar refractivity (Wildman–Crippen MR) is 68.3 cm³/mol. The van der Waals surface area contributed by atoms with E-state index in [1.54, 1.807) is 12.3 Å². The second-order valence-corrected chi connectivity index (χ2v) is 5.90. The summed E-state index contributed by atoms with van der Waals surface area (Å²) in [6, 6.07) is 1.62. The summed E-state index contributed by atoms with van der Waals surface area (Å²) in [6.45, 7) is 0. The molecule has 0 saturated carbocycles. The first-order valence-electron chi connectivity index (χ1n) is 5.01. The Balaban J connectivity index is 2.14. The zero-order valence-corrected chi connectivity index (χ0v) is 11.2. The van der Waals surface area contributed by atoms with Gasteiger partial charge in [0.1, 0.15) is 11.2 Å². The van der Waals surface area contributed by atoms with Gasteiger partial charge in [0.15, 0.2) is 0 Å². The third-order valence-electron chi connectivity index (χ3n) is 2.68. The fraction of sp³-hybridized carbons (Fsp3) is 0.400. The largest absolute Gasteiger partial charge is 0.479 e. The summed E-state index contributed by atoms with van der Waals surface area (Å²) in [5, 5.41) is 11.8. The number of carboxylic acid groups (broad SMARTS) is 1. The van der Waals surface area contributed by atoms with E-state index in [0.717, 1.165) is 10.2 Å². The van der Waals surface area contributed by atoms with E-state index in [1.165, 1.54) is 11.8 Å². The van der Waals surface area contributed by atoms with Crippen molar-refractivity contribution in [3.05, 3.63) is 22.4 Å². The van der Waals surface area contributed by atoms with Gasteiger partial charge in [0.05, 0.1) is 0 Å². The number of amides is 1. The number of thioether (sulfide) groups is 1. The smallest absolute Gasteiger partial charge is 0.330 e. The summed E-state index contributed by atoms with van der Waals surface area (Å²) in [7, 11) is 0. The van der Waals surface area contributed by atoms with Crippen molar-refractivity contribution in [2.45, 2.75) is 12.0 Å². The number of carbonyl (C=O) groups is 2. The Hall–Kier alpha value is -0.950. The Morgan fingerprint density at radius 1 is 1.59 bits per heavy atom. The average Bonchev–Trinajstić information content (AvgIpc) is 2.87. The molecule has 1 aromatic heterocycles. The molecule has 92 valence electrons. The molecule has 1 saturated heterocycles. The summed E-state index contributed by atoms with van der Waals surface area (Å²) < 4.78 is 0.757. The summed E-state index contributed by atoms with van der Waals surface area (Å²) in [5.74, 6) is -0.196. The van der Waals surface area contributed by atoms with Gasteiger partial charge in [-0.1, -0.05) is 0 Å². The van der Waals surface area contributed by atoms with Crippen LogP contribution in [-0.2, 0) is 4.79 Å². The summed E-state index contributed by atoms with van der Waals surface area (Å²) in [5.41, 5.74) is -0.770. The number of hydrogen-bond acceptors (Lipinski definition) is 3. The molecule has 17 heavy (non-hydrogen) atoms. The topological polar surface area (TPSA) is 82.2 Å². The Bertz CT molecular complexity index is 454. The van der Waals surface area contributed by atoms with Gasteiger partial charge in [-0.25, -0.2) is 4.79 Å². The van der Waals surface area contributed by atoms with Crippen LogP contribution in [0.25, 0.3) is 0 Å². The Morgan fingerprint density at radius 2 is 2.35 bits per heavy atom. The van der Waals surface area contributed by atoms with E-state index in [4.69, 9.17) is 0 Å². The molecule has 1 atom stereocenters. The first-order chi connectivity index (χ1) is 8.03. The minimum Gasteiger partial charge on any atom is -0.479 e. The van der Waals surface area contributed by atoms with Gasteiger partial charge in [-0.2, -0.15) is 11.8 Å².